The summed E-state index contributed by atoms with van der Waals surface area (Å²) >= 11 is 3.54. The first-order chi connectivity index (χ1) is 15.1. The van der Waals surface area contributed by atoms with E-state index in [1.54, 1.807) is 0 Å². The average Bonchev–Trinajstić information content (AvgIpc) is 3.13. The molecule has 2 heterocycles. The highest BCUT2D eigenvalue weighted by Crippen LogP contribution is 2.29. The second kappa shape index (κ2) is 10.7. The summed E-state index contributed by atoms with van der Waals surface area (Å²) < 4.78 is 36.0. The maximum absolute atomic E-state index is 12.0. The molecule has 0 saturated carbocycles. The minimum absolute atomic E-state index is 0.00551. The van der Waals surface area contributed by atoms with Crippen molar-refractivity contribution in [1.82, 2.24) is 10.2 Å². The van der Waals surface area contributed by atoms with Crippen LogP contribution in [0.1, 0.15) is 38.3 Å². The number of hydrogen-bond acceptors (Lipinski definition) is 4. The number of amides is 1. The number of nitrogens with zero attached hydrogens (tertiary/aromatic N) is 1. The first-order valence-corrected chi connectivity index (χ1v) is 11.4. The Morgan fingerprint density at radius 2 is 1.69 bits per heavy atom. The smallest absolute Gasteiger partial charge is 0.407 e. The summed E-state index contributed by atoms with van der Waals surface area (Å²) in [4.78, 5) is 14.4. The molecule has 2 aliphatic rings. The minimum Gasteiger partial charge on any atom is -0.444 e. The molecule has 2 atom stereocenters. The molecule has 1 amide bonds. The van der Waals surface area contributed by atoms with Gasteiger partial charge in [-0.15, -0.1) is 0 Å². The Hall–Kier alpha value is -2.03. The number of benzene rings is 2. The first kappa shape index (κ1) is 24.6. The molecule has 0 spiro atoms. The van der Waals surface area contributed by atoms with Crippen molar-refractivity contribution >= 4 is 22.0 Å². The van der Waals surface area contributed by atoms with Gasteiger partial charge in [0.05, 0.1) is 19.3 Å². The van der Waals surface area contributed by atoms with Crippen LogP contribution in [0.5, 0.6) is 0 Å². The number of ether oxygens (including phenoxy) is 2. The molecule has 5 nitrogen and oxygen atoms in total. The van der Waals surface area contributed by atoms with Crippen molar-refractivity contribution in [2.45, 2.75) is 58.0 Å². The number of halogens is 3. The standard InChI is InChI=1S/C18H25BrN2O3.C6H4F2/c1-18(2,3)24-17(22)20-15-7-16(11-23-10-15)21-8-12-4-5-14(19)6-13(12)9-21;7-5-1-2-6(8)4-3-5/h4-6,15-16H,7-11H2,1-3H3,(H,20,22);1-4H. The van der Waals surface area contributed by atoms with Gasteiger partial charge in [0.15, 0.2) is 0 Å². The van der Waals surface area contributed by atoms with E-state index >= 15 is 0 Å². The fourth-order valence-electron chi connectivity index (χ4n) is 3.72. The van der Waals surface area contributed by atoms with Gasteiger partial charge in [-0.05, 0) is 74.7 Å². The minimum atomic E-state index is -0.483. The lowest BCUT2D eigenvalue weighted by atomic mass is 10.0. The number of hydrogen-bond donors (Lipinski definition) is 1. The van der Waals surface area contributed by atoms with Crippen LogP contribution in [0.3, 0.4) is 0 Å². The van der Waals surface area contributed by atoms with Crippen LogP contribution in [0, 0.1) is 11.6 Å². The summed E-state index contributed by atoms with van der Waals surface area (Å²) in [5.41, 5.74) is 2.26. The summed E-state index contributed by atoms with van der Waals surface area (Å²) in [6.45, 7) is 8.73. The van der Waals surface area contributed by atoms with E-state index in [9.17, 15) is 13.6 Å². The largest absolute Gasteiger partial charge is 0.444 e. The molecule has 2 aliphatic heterocycles. The van der Waals surface area contributed by atoms with Crippen molar-refractivity contribution in [2.75, 3.05) is 13.2 Å². The van der Waals surface area contributed by atoms with Crippen molar-refractivity contribution in [3.63, 3.8) is 0 Å². The molecular weight excluding hydrogens is 482 g/mol. The molecule has 1 N–H and O–H groups in total. The fraction of sp³-hybridized carbons (Fsp3) is 0.458. The Kier molecular flexibility index (Phi) is 8.25. The lowest BCUT2D eigenvalue weighted by Crippen LogP contribution is -2.50. The third kappa shape index (κ3) is 7.53. The molecule has 0 aromatic heterocycles. The summed E-state index contributed by atoms with van der Waals surface area (Å²) in [6, 6.07) is 11.1. The van der Waals surface area contributed by atoms with Crippen LogP contribution in [0.2, 0.25) is 0 Å². The van der Waals surface area contributed by atoms with Crippen LogP contribution in [-0.2, 0) is 22.6 Å². The summed E-state index contributed by atoms with van der Waals surface area (Å²) in [5, 5.41) is 2.94. The zero-order valence-corrected chi connectivity index (χ0v) is 20.1. The first-order valence-electron chi connectivity index (χ1n) is 10.6. The molecule has 174 valence electrons. The number of fused-ring (bicyclic) bond motifs is 1. The Morgan fingerprint density at radius 3 is 2.31 bits per heavy atom. The lowest BCUT2D eigenvalue weighted by Gasteiger charge is -2.35. The zero-order chi connectivity index (χ0) is 23.3. The molecule has 32 heavy (non-hydrogen) atoms. The number of rotatable bonds is 2. The van der Waals surface area contributed by atoms with Crippen molar-refractivity contribution in [3.8, 4) is 0 Å². The van der Waals surface area contributed by atoms with Crippen molar-refractivity contribution < 1.29 is 23.0 Å². The van der Waals surface area contributed by atoms with E-state index in [0.717, 1.165) is 48.2 Å². The van der Waals surface area contributed by atoms with E-state index in [-0.39, 0.29) is 12.1 Å². The fourth-order valence-corrected chi connectivity index (χ4v) is 4.13. The SMILES string of the molecule is CC(C)(C)OC(=O)NC1COCC(N2Cc3ccc(Br)cc3C2)C1.Fc1ccc(F)cc1. The highest BCUT2D eigenvalue weighted by molar-refractivity contribution is 9.10. The maximum Gasteiger partial charge on any atom is 0.407 e. The molecular formula is C24H29BrF2N2O3. The quantitative estimate of drug-likeness (QED) is 0.586. The van der Waals surface area contributed by atoms with E-state index in [1.165, 1.54) is 11.1 Å². The number of alkyl carbamates (subject to hydrolysis) is 1. The molecule has 0 radical (unpaired) electrons. The van der Waals surface area contributed by atoms with Gasteiger partial charge in [0, 0.05) is 23.6 Å². The Morgan fingerprint density at radius 1 is 1.06 bits per heavy atom. The summed E-state index contributed by atoms with van der Waals surface area (Å²) in [7, 11) is 0. The predicted octanol–water partition coefficient (Wildman–Crippen LogP) is 5.41. The van der Waals surface area contributed by atoms with E-state index < -0.39 is 17.2 Å². The molecule has 2 unspecified atom stereocenters. The molecule has 1 fully saturated rings. The number of carbonyl (C=O) groups is 1. The summed E-state index contributed by atoms with van der Waals surface area (Å²) in [6.07, 6.45) is 0.513. The van der Waals surface area contributed by atoms with Crippen LogP contribution in [0.15, 0.2) is 46.9 Å². The van der Waals surface area contributed by atoms with Gasteiger partial charge in [-0.1, -0.05) is 22.0 Å². The van der Waals surface area contributed by atoms with Crippen LogP contribution < -0.4 is 5.32 Å². The molecule has 2 aromatic rings. The van der Waals surface area contributed by atoms with Crippen molar-refractivity contribution in [1.29, 1.82) is 0 Å². The van der Waals surface area contributed by atoms with Crippen LogP contribution in [0.4, 0.5) is 13.6 Å². The van der Waals surface area contributed by atoms with Gasteiger partial charge in [0.2, 0.25) is 0 Å². The topological polar surface area (TPSA) is 50.8 Å². The van der Waals surface area contributed by atoms with E-state index in [0.29, 0.717) is 19.3 Å². The van der Waals surface area contributed by atoms with Crippen LogP contribution in [-0.4, -0.2) is 41.9 Å². The second-order valence-corrected chi connectivity index (χ2v) is 9.94. The molecule has 0 aliphatic carbocycles. The van der Waals surface area contributed by atoms with Gasteiger partial charge < -0.3 is 14.8 Å². The third-order valence-corrected chi connectivity index (χ3v) is 5.64. The Balaban J connectivity index is 0.000000305. The normalized spacial score (nSPS) is 20.7. The molecule has 4 rings (SSSR count). The van der Waals surface area contributed by atoms with Gasteiger partial charge in [-0.3, -0.25) is 4.90 Å². The predicted molar refractivity (Wildman–Crippen MR) is 122 cm³/mol. The lowest BCUT2D eigenvalue weighted by molar-refractivity contribution is -0.00782. The monoisotopic (exact) mass is 510 g/mol. The van der Waals surface area contributed by atoms with Gasteiger partial charge in [0.1, 0.15) is 17.2 Å². The van der Waals surface area contributed by atoms with E-state index in [1.807, 2.05) is 20.8 Å². The molecule has 0 bridgehead atoms. The van der Waals surface area contributed by atoms with Gasteiger partial charge in [0.25, 0.3) is 0 Å². The molecule has 2 aromatic carbocycles. The Labute approximate surface area is 196 Å². The van der Waals surface area contributed by atoms with Gasteiger partial charge >= 0.3 is 6.09 Å². The summed E-state index contributed by atoms with van der Waals surface area (Å²) in [5.74, 6) is -0.821. The van der Waals surface area contributed by atoms with Crippen molar-refractivity contribution in [2.24, 2.45) is 0 Å². The Bertz CT molecular complexity index is 897. The highest BCUT2D eigenvalue weighted by atomic mass is 79.9. The van der Waals surface area contributed by atoms with Gasteiger partial charge in [-0.2, -0.15) is 0 Å². The van der Waals surface area contributed by atoms with E-state index in [2.05, 4.69) is 44.3 Å². The number of nitrogens with one attached hydrogen (secondary N) is 1. The molecule has 1 saturated heterocycles. The highest BCUT2D eigenvalue weighted by Gasteiger charge is 2.32. The van der Waals surface area contributed by atoms with Crippen molar-refractivity contribution in [3.05, 3.63) is 69.7 Å². The zero-order valence-electron chi connectivity index (χ0n) is 18.5. The number of carbonyl (C=O) groups excluding carboxylic acids is 1. The van der Waals surface area contributed by atoms with Gasteiger partial charge in [-0.25, -0.2) is 13.6 Å². The van der Waals surface area contributed by atoms with Crippen LogP contribution in [0.25, 0.3) is 0 Å². The van der Waals surface area contributed by atoms with Crippen LogP contribution >= 0.6 is 15.9 Å². The molecule has 8 heteroatoms. The third-order valence-electron chi connectivity index (χ3n) is 5.14. The maximum atomic E-state index is 12.0. The second-order valence-electron chi connectivity index (χ2n) is 9.02. The van der Waals surface area contributed by atoms with E-state index in [4.69, 9.17) is 9.47 Å². The average molecular weight is 511 g/mol.